The van der Waals surface area contributed by atoms with Crippen molar-refractivity contribution in [1.82, 2.24) is 0 Å². The molecule has 1 heterocycles. The third kappa shape index (κ3) is 1.57. The van der Waals surface area contributed by atoms with Crippen LogP contribution in [-0.2, 0) is 19.7 Å². The Morgan fingerprint density at radius 3 is 3.00 bits per heavy atom. The van der Waals surface area contributed by atoms with Crippen LogP contribution < -0.4 is 0 Å². The number of hydrogen-bond donors (Lipinski definition) is 0. The first kappa shape index (κ1) is 7.73. The zero-order valence-corrected chi connectivity index (χ0v) is 6.39. The van der Waals surface area contributed by atoms with Crippen molar-refractivity contribution in [1.29, 1.82) is 0 Å². The molecule has 0 amide bonds. The van der Waals surface area contributed by atoms with Gasteiger partial charge in [0.15, 0.2) is 0 Å². The largest absolute Gasteiger partial charge is 0.304 e. The van der Waals surface area contributed by atoms with Crippen molar-refractivity contribution >= 4 is 11.4 Å². The van der Waals surface area contributed by atoms with E-state index in [1.54, 1.807) is 6.92 Å². The van der Waals surface area contributed by atoms with Crippen LogP contribution in [0.3, 0.4) is 0 Å². The van der Waals surface area contributed by atoms with Crippen LogP contribution >= 0.6 is 0 Å². The minimum Gasteiger partial charge on any atom is -0.267 e. The quantitative estimate of drug-likeness (QED) is 0.476. The molecular weight excluding hydrogens is 152 g/mol. The molecule has 1 aliphatic heterocycles. The van der Waals surface area contributed by atoms with Gasteiger partial charge in [-0.05, 0) is 6.92 Å². The van der Waals surface area contributed by atoms with E-state index in [-0.39, 0.29) is 12.0 Å². The Kier molecular flexibility index (Phi) is 2.44. The second-order valence-corrected chi connectivity index (χ2v) is 2.90. The Morgan fingerprint density at radius 1 is 1.80 bits per heavy atom. The molecule has 56 valence electrons. The van der Waals surface area contributed by atoms with E-state index >= 15 is 0 Å². The van der Waals surface area contributed by atoms with Crippen LogP contribution in [0.2, 0.25) is 0 Å². The summed E-state index contributed by atoms with van der Waals surface area (Å²) in [4.78, 5) is 0. The molecule has 1 rings (SSSR count). The van der Waals surface area contributed by atoms with Gasteiger partial charge in [0.2, 0.25) is 0 Å². The predicted octanol–water partition coefficient (Wildman–Crippen LogP) is 0.250. The lowest BCUT2D eigenvalue weighted by molar-refractivity contribution is 0.0906. The van der Waals surface area contributed by atoms with E-state index in [0.717, 1.165) is 0 Å². The molecule has 3 atom stereocenters. The maximum Gasteiger partial charge on any atom is 0.304 e. The fourth-order valence-corrected chi connectivity index (χ4v) is 1.36. The van der Waals surface area contributed by atoms with Crippen LogP contribution in [-0.4, -0.2) is 16.9 Å². The molecule has 10 heavy (non-hydrogen) atoms. The highest BCUT2D eigenvalue weighted by atomic mass is 32.2. The van der Waals surface area contributed by atoms with Gasteiger partial charge in [0.25, 0.3) is 0 Å². The Morgan fingerprint density at radius 2 is 2.50 bits per heavy atom. The van der Waals surface area contributed by atoms with E-state index in [2.05, 4.69) is 10.1 Å². The molecule has 0 radical (unpaired) electrons. The van der Waals surface area contributed by atoms with Crippen molar-refractivity contribution in [2.24, 2.45) is 5.92 Å². The highest BCUT2D eigenvalue weighted by molar-refractivity contribution is 7.75. The lowest BCUT2D eigenvalue weighted by Crippen LogP contribution is -2.31. The normalized spacial score (nSPS) is 40.6. The fourth-order valence-electron chi connectivity index (χ4n) is 0.667. The third-order valence-electron chi connectivity index (χ3n) is 1.35. The number of hydrogen-bond acceptors (Lipinski definition) is 3. The molecule has 0 saturated carbocycles. The van der Waals surface area contributed by atoms with Crippen LogP contribution in [0.4, 0.5) is 0 Å². The molecule has 0 bridgehead atoms. The van der Waals surface area contributed by atoms with Crippen LogP contribution in [0.1, 0.15) is 6.92 Å². The summed E-state index contributed by atoms with van der Waals surface area (Å²) in [6.45, 7) is 2.11. The van der Waals surface area contributed by atoms with Gasteiger partial charge in [-0.25, -0.2) is 0 Å². The van der Waals surface area contributed by atoms with E-state index in [1.165, 1.54) is 0 Å². The maximum absolute atomic E-state index is 10.5. The number of rotatable bonds is 0. The van der Waals surface area contributed by atoms with Gasteiger partial charge in [-0.2, -0.15) is 4.21 Å². The third-order valence-corrected chi connectivity index (χ3v) is 2.14. The van der Waals surface area contributed by atoms with E-state index in [4.69, 9.17) is 10.6 Å². The standard InChI is InChI=1S/C6H8O3S/c1-3-6-4-8-10(7)9-5(6)2/h1,5-6H,4H2,2H3. The molecule has 3 unspecified atom stereocenters. The first-order valence-electron chi connectivity index (χ1n) is 2.92. The lowest BCUT2D eigenvalue weighted by Gasteiger charge is -2.22. The van der Waals surface area contributed by atoms with Gasteiger partial charge in [-0.3, -0.25) is 8.37 Å². The molecule has 0 aromatic heterocycles. The maximum atomic E-state index is 10.5. The van der Waals surface area contributed by atoms with Crippen molar-refractivity contribution < 1.29 is 12.6 Å². The summed E-state index contributed by atoms with van der Waals surface area (Å²) in [6.07, 6.45) is 4.96. The van der Waals surface area contributed by atoms with E-state index in [1.807, 2.05) is 0 Å². The van der Waals surface area contributed by atoms with E-state index < -0.39 is 11.4 Å². The Balaban J connectivity index is 2.53. The molecule has 1 fully saturated rings. The van der Waals surface area contributed by atoms with E-state index in [9.17, 15) is 4.21 Å². The van der Waals surface area contributed by atoms with Gasteiger partial charge >= 0.3 is 11.4 Å². The Bertz CT molecular complexity index is 184. The summed E-state index contributed by atoms with van der Waals surface area (Å²) in [5, 5.41) is 0. The summed E-state index contributed by atoms with van der Waals surface area (Å²) in [5.41, 5.74) is 0. The van der Waals surface area contributed by atoms with Gasteiger partial charge < -0.3 is 0 Å². The van der Waals surface area contributed by atoms with Gasteiger partial charge in [-0.15, -0.1) is 6.42 Å². The molecule has 0 N–H and O–H groups in total. The van der Waals surface area contributed by atoms with Gasteiger partial charge in [-0.1, -0.05) is 5.92 Å². The Hall–Kier alpha value is -0.370. The monoisotopic (exact) mass is 160 g/mol. The molecule has 0 aliphatic carbocycles. The predicted molar refractivity (Wildman–Crippen MR) is 37.0 cm³/mol. The first-order valence-corrected chi connectivity index (χ1v) is 3.92. The summed E-state index contributed by atoms with van der Waals surface area (Å²) in [7, 11) is 0. The van der Waals surface area contributed by atoms with Crippen molar-refractivity contribution in [3.63, 3.8) is 0 Å². The topological polar surface area (TPSA) is 35.5 Å². The lowest BCUT2D eigenvalue weighted by atomic mass is 10.1. The van der Waals surface area contributed by atoms with Crippen molar-refractivity contribution in [2.75, 3.05) is 6.61 Å². The van der Waals surface area contributed by atoms with E-state index in [0.29, 0.717) is 6.61 Å². The molecule has 1 aliphatic rings. The summed E-state index contributed by atoms with van der Waals surface area (Å²) < 4.78 is 20.0. The zero-order valence-electron chi connectivity index (χ0n) is 5.57. The van der Waals surface area contributed by atoms with Crippen molar-refractivity contribution in [3.05, 3.63) is 0 Å². The first-order chi connectivity index (χ1) is 4.74. The average molecular weight is 160 g/mol. The molecule has 1 saturated heterocycles. The molecule has 3 nitrogen and oxygen atoms in total. The van der Waals surface area contributed by atoms with Crippen molar-refractivity contribution in [3.8, 4) is 12.3 Å². The average Bonchev–Trinajstić information content (AvgIpc) is 1.88. The summed E-state index contributed by atoms with van der Waals surface area (Å²) >= 11 is -1.59. The summed E-state index contributed by atoms with van der Waals surface area (Å²) in [5.74, 6) is 2.42. The molecular formula is C6H8O3S. The highest BCUT2D eigenvalue weighted by Crippen LogP contribution is 2.15. The summed E-state index contributed by atoms with van der Waals surface area (Å²) in [6, 6.07) is 0. The Labute approximate surface area is 62.6 Å². The van der Waals surface area contributed by atoms with Crippen molar-refractivity contribution in [2.45, 2.75) is 13.0 Å². The molecule has 4 heteroatoms. The second kappa shape index (κ2) is 3.15. The molecule has 0 aromatic carbocycles. The highest BCUT2D eigenvalue weighted by Gasteiger charge is 2.25. The smallest absolute Gasteiger partial charge is 0.267 e. The van der Waals surface area contributed by atoms with Crippen LogP contribution in [0, 0.1) is 18.3 Å². The number of terminal acetylenes is 1. The van der Waals surface area contributed by atoms with Gasteiger partial charge in [0.1, 0.15) is 0 Å². The SMILES string of the molecule is C#CC1COS(=O)OC1C. The van der Waals surface area contributed by atoms with Crippen LogP contribution in [0.5, 0.6) is 0 Å². The second-order valence-electron chi connectivity index (χ2n) is 2.06. The zero-order chi connectivity index (χ0) is 7.56. The minimum atomic E-state index is -1.59. The van der Waals surface area contributed by atoms with Gasteiger partial charge in [0.05, 0.1) is 18.6 Å². The fraction of sp³-hybridized carbons (Fsp3) is 0.667. The minimum absolute atomic E-state index is 0.0716. The van der Waals surface area contributed by atoms with Crippen LogP contribution in [0.25, 0.3) is 0 Å². The van der Waals surface area contributed by atoms with Crippen LogP contribution in [0.15, 0.2) is 0 Å². The molecule has 0 aromatic rings. The van der Waals surface area contributed by atoms with Gasteiger partial charge in [0, 0.05) is 0 Å². The molecule has 0 spiro atoms.